The summed E-state index contributed by atoms with van der Waals surface area (Å²) in [6.07, 6.45) is -0.975. The van der Waals surface area contributed by atoms with Crippen LogP contribution in [0, 0.1) is 0 Å². The zero-order chi connectivity index (χ0) is 9.72. The van der Waals surface area contributed by atoms with E-state index in [1.165, 1.54) is 13.8 Å². The van der Waals surface area contributed by atoms with Gasteiger partial charge in [-0.15, -0.1) is 0 Å². The second-order valence-corrected chi connectivity index (χ2v) is 2.43. The Hall–Kier alpha value is -1.14. The lowest BCUT2D eigenvalue weighted by molar-refractivity contribution is -0.130. The molecule has 12 heavy (non-hydrogen) atoms. The van der Waals surface area contributed by atoms with Crippen LogP contribution in [0.5, 0.6) is 0 Å². The summed E-state index contributed by atoms with van der Waals surface area (Å²) in [5, 5.41) is 11.3. The number of hydrogen-bond donors (Lipinski definition) is 4. The van der Waals surface area contributed by atoms with Crippen molar-refractivity contribution in [3.8, 4) is 0 Å². The van der Waals surface area contributed by atoms with Crippen LogP contribution >= 0.6 is 0 Å². The maximum absolute atomic E-state index is 10.9. The van der Waals surface area contributed by atoms with Crippen LogP contribution in [0.2, 0.25) is 0 Å². The van der Waals surface area contributed by atoms with E-state index in [0.717, 1.165) is 0 Å². The van der Waals surface area contributed by atoms with Gasteiger partial charge in [-0.1, -0.05) is 0 Å². The average molecular weight is 175 g/mol. The van der Waals surface area contributed by atoms with Gasteiger partial charge in [0.1, 0.15) is 6.04 Å². The van der Waals surface area contributed by atoms with Crippen LogP contribution in [-0.2, 0) is 9.59 Å². The molecule has 2 amide bonds. The van der Waals surface area contributed by atoms with E-state index in [-0.39, 0.29) is 0 Å². The third-order valence-corrected chi connectivity index (χ3v) is 1.27. The molecule has 0 aliphatic heterocycles. The molecule has 0 fully saturated rings. The molecule has 0 aromatic carbocycles. The van der Waals surface area contributed by atoms with Crippen LogP contribution in [0.15, 0.2) is 0 Å². The molecule has 0 aliphatic rings. The molecule has 0 unspecified atom stereocenters. The normalized spacial score (nSPS) is 14.7. The van der Waals surface area contributed by atoms with Gasteiger partial charge in [0.15, 0.2) is 0 Å². The number of carbonyl (C=O) groups excluding carboxylic acids is 2. The highest BCUT2D eigenvalue weighted by Crippen LogP contribution is 1.91. The fourth-order valence-electron chi connectivity index (χ4n) is 0.714. The molecule has 70 valence electrons. The van der Waals surface area contributed by atoms with Crippen molar-refractivity contribution in [3.63, 3.8) is 0 Å². The Morgan fingerprint density at radius 2 is 2.00 bits per heavy atom. The molecular formula is C6H13N3O3. The lowest BCUT2D eigenvalue weighted by atomic mass is 10.2. The molecule has 2 atom stereocenters. The smallest absolute Gasteiger partial charge is 0.259 e. The summed E-state index contributed by atoms with van der Waals surface area (Å²) in [5.41, 5.74) is 1.84. The number of nitrogens with two attached hydrogens (primary N) is 1. The van der Waals surface area contributed by atoms with Gasteiger partial charge in [0.25, 0.3) is 5.91 Å². The van der Waals surface area contributed by atoms with E-state index in [9.17, 15) is 9.59 Å². The Bertz CT molecular complexity index is 181. The monoisotopic (exact) mass is 175 g/mol. The summed E-state index contributed by atoms with van der Waals surface area (Å²) >= 11 is 0. The molecule has 6 heteroatoms. The van der Waals surface area contributed by atoms with Gasteiger partial charge < -0.3 is 10.4 Å². The summed E-state index contributed by atoms with van der Waals surface area (Å²) in [6.45, 7) is 2.63. The van der Waals surface area contributed by atoms with Crippen molar-refractivity contribution in [3.05, 3.63) is 0 Å². The van der Waals surface area contributed by atoms with Gasteiger partial charge in [-0.2, -0.15) is 0 Å². The van der Waals surface area contributed by atoms with Crippen molar-refractivity contribution < 1.29 is 14.7 Å². The summed E-state index contributed by atoms with van der Waals surface area (Å²) in [5.74, 6) is 3.80. The van der Waals surface area contributed by atoms with E-state index in [1.807, 2.05) is 5.43 Å². The first-order valence-electron chi connectivity index (χ1n) is 3.44. The summed E-state index contributed by atoms with van der Waals surface area (Å²) in [4.78, 5) is 21.4. The summed E-state index contributed by atoms with van der Waals surface area (Å²) in [6, 6.07) is -0.993. The molecule has 0 spiro atoms. The van der Waals surface area contributed by atoms with Gasteiger partial charge in [0, 0.05) is 6.92 Å². The highest BCUT2D eigenvalue weighted by Gasteiger charge is 2.23. The van der Waals surface area contributed by atoms with E-state index in [0.29, 0.717) is 0 Å². The van der Waals surface area contributed by atoms with Crippen LogP contribution in [0.4, 0.5) is 0 Å². The number of nitrogens with one attached hydrogen (secondary N) is 2. The number of aliphatic hydroxyl groups excluding tert-OH is 1. The maximum atomic E-state index is 10.9. The number of amides is 2. The quantitative estimate of drug-likeness (QED) is 0.223. The highest BCUT2D eigenvalue weighted by molar-refractivity contribution is 5.86. The molecule has 0 bridgehead atoms. The maximum Gasteiger partial charge on any atom is 0.259 e. The molecule has 0 saturated carbocycles. The first kappa shape index (κ1) is 10.9. The molecule has 5 N–H and O–H groups in total. The summed E-state index contributed by atoms with van der Waals surface area (Å²) < 4.78 is 0. The lowest BCUT2D eigenvalue weighted by Gasteiger charge is -2.18. The zero-order valence-electron chi connectivity index (χ0n) is 7.00. The Balaban J connectivity index is 4.23. The van der Waals surface area contributed by atoms with Crippen molar-refractivity contribution >= 4 is 11.8 Å². The predicted octanol–water partition coefficient (Wildman–Crippen LogP) is -2.14. The first-order valence-corrected chi connectivity index (χ1v) is 3.44. The molecule has 0 aromatic rings. The summed E-state index contributed by atoms with van der Waals surface area (Å²) in [7, 11) is 0. The number of carbonyl (C=O) groups is 2. The Morgan fingerprint density at radius 3 is 2.25 bits per heavy atom. The Morgan fingerprint density at radius 1 is 1.50 bits per heavy atom. The van der Waals surface area contributed by atoms with Crippen LogP contribution < -0.4 is 16.6 Å². The molecule has 0 aromatic heterocycles. The molecule has 0 saturated heterocycles. The molecular weight excluding hydrogens is 162 g/mol. The second kappa shape index (κ2) is 4.68. The number of hydrazine groups is 1. The topological polar surface area (TPSA) is 104 Å². The standard InChI is InChI=1S/C6H13N3O3/c1-3(10)5(6(12)9-7)8-4(2)11/h3,5,10H,7H2,1-2H3,(H,8,11)(H,9,12)/t3-,5+/m1/s1. The number of aliphatic hydroxyl groups is 1. The molecule has 6 nitrogen and oxygen atoms in total. The van der Waals surface area contributed by atoms with E-state index < -0.39 is 24.0 Å². The second-order valence-electron chi connectivity index (χ2n) is 2.43. The van der Waals surface area contributed by atoms with Gasteiger partial charge >= 0.3 is 0 Å². The molecule has 0 rings (SSSR count). The lowest BCUT2D eigenvalue weighted by Crippen LogP contribution is -2.53. The SMILES string of the molecule is CC(=O)N[C@H](C(=O)NN)[C@@H](C)O. The van der Waals surface area contributed by atoms with Crippen LogP contribution in [0.3, 0.4) is 0 Å². The highest BCUT2D eigenvalue weighted by atomic mass is 16.3. The minimum absolute atomic E-state index is 0.399. The zero-order valence-corrected chi connectivity index (χ0v) is 7.00. The van der Waals surface area contributed by atoms with Gasteiger partial charge in [-0.05, 0) is 6.92 Å². The first-order chi connectivity index (χ1) is 5.49. The van der Waals surface area contributed by atoms with Crippen molar-refractivity contribution in [1.82, 2.24) is 10.7 Å². The van der Waals surface area contributed by atoms with Crippen LogP contribution in [0.25, 0.3) is 0 Å². The van der Waals surface area contributed by atoms with E-state index in [1.54, 1.807) is 0 Å². The predicted molar refractivity (Wildman–Crippen MR) is 41.6 cm³/mol. The third kappa shape index (κ3) is 3.31. The van der Waals surface area contributed by atoms with Gasteiger partial charge in [-0.25, -0.2) is 5.84 Å². The minimum Gasteiger partial charge on any atom is -0.391 e. The molecule has 0 aliphatic carbocycles. The van der Waals surface area contributed by atoms with Crippen molar-refractivity contribution in [2.45, 2.75) is 26.0 Å². The van der Waals surface area contributed by atoms with Gasteiger partial charge in [0.05, 0.1) is 6.10 Å². The van der Waals surface area contributed by atoms with Crippen LogP contribution in [-0.4, -0.2) is 29.1 Å². The Labute approximate surface area is 70.1 Å². The van der Waals surface area contributed by atoms with Crippen LogP contribution in [0.1, 0.15) is 13.8 Å². The largest absolute Gasteiger partial charge is 0.391 e. The van der Waals surface area contributed by atoms with Crippen molar-refractivity contribution in [2.75, 3.05) is 0 Å². The number of rotatable bonds is 3. The third-order valence-electron chi connectivity index (χ3n) is 1.27. The average Bonchev–Trinajstić information content (AvgIpc) is 1.98. The fraction of sp³-hybridized carbons (Fsp3) is 0.667. The van der Waals surface area contributed by atoms with Gasteiger partial charge in [-0.3, -0.25) is 15.0 Å². The van der Waals surface area contributed by atoms with E-state index in [4.69, 9.17) is 10.9 Å². The molecule has 0 heterocycles. The van der Waals surface area contributed by atoms with Crippen molar-refractivity contribution in [2.24, 2.45) is 5.84 Å². The fourth-order valence-corrected chi connectivity index (χ4v) is 0.714. The van der Waals surface area contributed by atoms with E-state index in [2.05, 4.69) is 5.32 Å². The molecule has 0 radical (unpaired) electrons. The van der Waals surface area contributed by atoms with Gasteiger partial charge in [0.2, 0.25) is 5.91 Å². The van der Waals surface area contributed by atoms with E-state index >= 15 is 0 Å². The minimum atomic E-state index is -0.993. The number of hydrogen-bond acceptors (Lipinski definition) is 4. The Kier molecular flexibility index (Phi) is 4.24. The van der Waals surface area contributed by atoms with Crippen molar-refractivity contribution in [1.29, 1.82) is 0 Å².